The zero-order chi connectivity index (χ0) is 23.3. The molecule has 0 aliphatic carbocycles. The van der Waals surface area contributed by atoms with E-state index in [1.165, 1.54) is 0 Å². The number of azo groups is 1. The minimum absolute atomic E-state index is 0.323. The Labute approximate surface area is 194 Å². The molecule has 7 heteroatoms. The van der Waals surface area contributed by atoms with Crippen molar-refractivity contribution >= 4 is 17.6 Å². The number of rotatable bonds is 12. The molecule has 0 fully saturated rings. The van der Waals surface area contributed by atoms with Gasteiger partial charge in [0.05, 0.1) is 13.2 Å². The average Bonchev–Trinajstić information content (AvgIpc) is 2.85. The molecule has 0 bridgehead atoms. The number of nitrogens with zero attached hydrogens (tertiary/aromatic N) is 4. The van der Waals surface area contributed by atoms with E-state index in [-0.39, 0.29) is 5.97 Å². The fourth-order valence-electron chi connectivity index (χ4n) is 2.98. The molecule has 170 valence electrons. The van der Waals surface area contributed by atoms with Crippen LogP contribution < -0.4 is 4.74 Å². The quantitative estimate of drug-likeness (QED) is 0.136. The van der Waals surface area contributed by atoms with Crippen LogP contribution in [-0.4, -0.2) is 29.2 Å². The van der Waals surface area contributed by atoms with Crippen LogP contribution in [0, 0.1) is 0 Å². The van der Waals surface area contributed by atoms with Crippen molar-refractivity contribution in [3.8, 4) is 16.9 Å². The lowest BCUT2D eigenvalue weighted by molar-refractivity contribution is -0.139. The van der Waals surface area contributed by atoms with Crippen molar-refractivity contribution in [1.82, 2.24) is 9.97 Å². The molecule has 33 heavy (non-hydrogen) atoms. The van der Waals surface area contributed by atoms with Crippen LogP contribution in [0.1, 0.15) is 32.6 Å². The second kappa shape index (κ2) is 12.9. The van der Waals surface area contributed by atoms with Gasteiger partial charge in [-0.3, -0.25) is 0 Å². The fraction of sp³-hybridized carbons (Fsp3) is 0.269. The Hall–Kier alpha value is -3.87. The maximum Gasteiger partial charge on any atom is 0.333 e. The normalized spacial score (nSPS) is 10.8. The lowest BCUT2D eigenvalue weighted by Gasteiger charge is -2.08. The molecule has 0 radical (unpaired) electrons. The van der Waals surface area contributed by atoms with E-state index >= 15 is 0 Å². The average molecular weight is 445 g/mol. The lowest BCUT2D eigenvalue weighted by atomic mass is 10.1. The number of benzene rings is 1. The van der Waals surface area contributed by atoms with Gasteiger partial charge in [0.15, 0.2) is 11.6 Å². The second-order valence-electron chi connectivity index (χ2n) is 7.47. The first-order valence-corrected chi connectivity index (χ1v) is 11.0. The number of hydrogen-bond donors (Lipinski definition) is 0. The number of aromatic nitrogens is 2. The van der Waals surface area contributed by atoms with Crippen LogP contribution in [0.25, 0.3) is 11.1 Å². The van der Waals surface area contributed by atoms with Crippen molar-refractivity contribution in [2.75, 3.05) is 13.2 Å². The summed E-state index contributed by atoms with van der Waals surface area (Å²) < 4.78 is 10.9. The molecule has 2 aromatic heterocycles. The first-order valence-electron chi connectivity index (χ1n) is 11.0. The highest BCUT2D eigenvalue weighted by atomic mass is 16.5. The number of carbonyl (C=O) groups is 1. The molecular formula is C26H28N4O3. The van der Waals surface area contributed by atoms with E-state index in [0.29, 0.717) is 30.4 Å². The molecule has 0 saturated carbocycles. The Kier molecular flexibility index (Phi) is 9.27. The molecule has 1 aromatic carbocycles. The molecule has 0 amide bonds. The second-order valence-corrected chi connectivity index (χ2v) is 7.47. The molecule has 0 aliphatic rings. The molecule has 3 aromatic rings. The number of ether oxygens (including phenoxy) is 2. The van der Waals surface area contributed by atoms with Crippen molar-refractivity contribution in [3.05, 3.63) is 79.1 Å². The minimum atomic E-state index is -0.323. The predicted molar refractivity (Wildman–Crippen MR) is 128 cm³/mol. The smallest absolute Gasteiger partial charge is 0.333 e. The van der Waals surface area contributed by atoms with Crippen LogP contribution in [0.15, 0.2) is 89.4 Å². The zero-order valence-electron chi connectivity index (χ0n) is 18.8. The Morgan fingerprint density at radius 3 is 2.36 bits per heavy atom. The summed E-state index contributed by atoms with van der Waals surface area (Å²) in [6.45, 7) is 6.29. The van der Waals surface area contributed by atoms with Crippen LogP contribution in [0.2, 0.25) is 0 Å². The van der Waals surface area contributed by atoms with E-state index in [9.17, 15) is 4.79 Å². The molecule has 0 atom stereocenters. The third kappa shape index (κ3) is 7.96. The number of pyridine rings is 2. The van der Waals surface area contributed by atoms with E-state index in [1.807, 2.05) is 48.5 Å². The van der Waals surface area contributed by atoms with Crippen LogP contribution in [0.5, 0.6) is 5.75 Å². The maximum absolute atomic E-state index is 11.3. The summed E-state index contributed by atoms with van der Waals surface area (Å²) in [7, 11) is 0. The highest BCUT2D eigenvalue weighted by Crippen LogP contribution is 2.30. The summed E-state index contributed by atoms with van der Waals surface area (Å²) in [6, 6.07) is 17.2. The van der Waals surface area contributed by atoms with Gasteiger partial charge in [-0.25, -0.2) is 14.8 Å². The highest BCUT2D eigenvalue weighted by molar-refractivity contribution is 5.86. The largest absolute Gasteiger partial charge is 0.494 e. The monoisotopic (exact) mass is 444 g/mol. The topological polar surface area (TPSA) is 86.0 Å². The molecule has 3 rings (SSSR count). The van der Waals surface area contributed by atoms with E-state index in [0.717, 1.165) is 42.6 Å². The Morgan fingerprint density at radius 2 is 1.64 bits per heavy atom. The Bertz CT molecular complexity index is 1070. The summed E-state index contributed by atoms with van der Waals surface area (Å²) in [5.74, 6) is 1.56. The number of esters is 1. The third-order valence-corrected chi connectivity index (χ3v) is 4.74. The molecule has 7 nitrogen and oxygen atoms in total. The van der Waals surface area contributed by atoms with Crippen LogP contribution in [-0.2, 0) is 9.53 Å². The first-order chi connectivity index (χ1) is 16.1. The van der Waals surface area contributed by atoms with E-state index in [2.05, 4.69) is 26.8 Å². The van der Waals surface area contributed by atoms with Gasteiger partial charge < -0.3 is 9.47 Å². The van der Waals surface area contributed by atoms with E-state index in [4.69, 9.17) is 9.47 Å². The van der Waals surface area contributed by atoms with Crippen LogP contribution >= 0.6 is 0 Å². The maximum atomic E-state index is 11.3. The van der Waals surface area contributed by atoms with Gasteiger partial charge in [0.25, 0.3) is 0 Å². The third-order valence-electron chi connectivity index (χ3n) is 4.74. The molecule has 0 N–H and O–H groups in total. The van der Waals surface area contributed by atoms with Crippen molar-refractivity contribution in [2.45, 2.75) is 32.6 Å². The van der Waals surface area contributed by atoms with Crippen LogP contribution in [0.4, 0.5) is 11.6 Å². The van der Waals surface area contributed by atoms with E-state index in [1.54, 1.807) is 25.4 Å². The first kappa shape index (κ1) is 23.8. The van der Waals surface area contributed by atoms with Gasteiger partial charge >= 0.3 is 5.97 Å². The summed E-state index contributed by atoms with van der Waals surface area (Å²) in [5, 5.41) is 8.44. The summed E-state index contributed by atoms with van der Waals surface area (Å²) in [6.07, 6.45) is 7.16. The van der Waals surface area contributed by atoms with Crippen LogP contribution in [0.3, 0.4) is 0 Å². The molecule has 0 aliphatic heterocycles. The van der Waals surface area contributed by atoms with Gasteiger partial charge in [0.2, 0.25) is 0 Å². The van der Waals surface area contributed by atoms with E-state index < -0.39 is 0 Å². The zero-order valence-corrected chi connectivity index (χ0v) is 18.8. The van der Waals surface area contributed by atoms with Crippen molar-refractivity contribution < 1.29 is 14.3 Å². The van der Waals surface area contributed by atoms with Gasteiger partial charge in [0, 0.05) is 23.5 Å². The lowest BCUT2D eigenvalue weighted by Crippen LogP contribution is -2.06. The highest BCUT2D eigenvalue weighted by Gasteiger charge is 2.06. The number of carbonyl (C=O) groups excluding carboxylic acids is 1. The molecule has 0 unspecified atom stereocenters. The van der Waals surface area contributed by atoms with Gasteiger partial charge in [-0.05, 0) is 74.6 Å². The molecule has 2 heterocycles. The summed E-state index contributed by atoms with van der Waals surface area (Å²) in [4.78, 5) is 19.8. The van der Waals surface area contributed by atoms with Crippen molar-refractivity contribution in [1.29, 1.82) is 0 Å². The van der Waals surface area contributed by atoms with Gasteiger partial charge in [-0.1, -0.05) is 24.8 Å². The Balaban J connectivity index is 1.45. The van der Waals surface area contributed by atoms with Gasteiger partial charge in [-0.15, -0.1) is 10.2 Å². The van der Waals surface area contributed by atoms with Crippen molar-refractivity contribution in [3.63, 3.8) is 0 Å². The number of unbranched alkanes of at least 4 members (excludes halogenated alkanes) is 3. The molecule has 0 saturated heterocycles. The number of hydrogen-bond acceptors (Lipinski definition) is 7. The molecule has 0 spiro atoms. The molecular weight excluding hydrogens is 416 g/mol. The summed E-state index contributed by atoms with van der Waals surface area (Å²) in [5.41, 5.74) is 2.30. The summed E-state index contributed by atoms with van der Waals surface area (Å²) >= 11 is 0. The van der Waals surface area contributed by atoms with Gasteiger partial charge in [0.1, 0.15) is 5.75 Å². The Morgan fingerprint density at radius 1 is 0.879 bits per heavy atom. The fourth-order valence-corrected chi connectivity index (χ4v) is 2.98. The SMILES string of the molecule is C=C(C)C(=O)OCCCCCCOc1ccc(-c2cccnc2N=Nc2ccccn2)cc1. The standard InChI is InChI=1S/C26H28N4O3/c1-20(2)26(31)33-19-8-4-3-7-18-32-22-14-12-21(13-15-22)23-10-9-17-28-25(23)30-29-24-11-5-6-16-27-24/h5-6,9-17H,1,3-4,7-8,18-19H2,2H3. The predicted octanol–water partition coefficient (Wildman–Crippen LogP) is 6.62. The van der Waals surface area contributed by atoms with Gasteiger partial charge in [-0.2, -0.15) is 0 Å². The van der Waals surface area contributed by atoms with Crippen molar-refractivity contribution in [2.24, 2.45) is 10.2 Å². The minimum Gasteiger partial charge on any atom is -0.494 e.